The first kappa shape index (κ1) is 14.0. The van der Waals surface area contributed by atoms with Gasteiger partial charge in [0.25, 0.3) is 5.91 Å². The highest BCUT2D eigenvalue weighted by Crippen LogP contribution is 2.07. The zero-order valence-electron chi connectivity index (χ0n) is 10.5. The molecule has 0 fully saturated rings. The Labute approximate surface area is 106 Å². The van der Waals surface area contributed by atoms with Gasteiger partial charge in [-0.05, 0) is 18.6 Å². The summed E-state index contributed by atoms with van der Waals surface area (Å²) in [6, 6.07) is 3.40. The van der Waals surface area contributed by atoms with Crippen LogP contribution in [0.5, 0.6) is 0 Å². The fourth-order valence-corrected chi connectivity index (χ4v) is 1.34. The van der Waals surface area contributed by atoms with Gasteiger partial charge in [-0.3, -0.25) is 9.59 Å². The van der Waals surface area contributed by atoms with Crippen molar-refractivity contribution in [2.45, 2.75) is 12.8 Å². The summed E-state index contributed by atoms with van der Waals surface area (Å²) in [6.07, 6.45) is 2.17. The van der Waals surface area contributed by atoms with Crippen molar-refractivity contribution in [3.05, 3.63) is 23.9 Å². The Morgan fingerprint density at radius 3 is 2.61 bits per heavy atom. The molecule has 0 unspecified atom stereocenters. The van der Waals surface area contributed by atoms with Gasteiger partial charge in [-0.2, -0.15) is 0 Å². The molecule has 1 aromatic rings. The van der Waals surface area contributed by atoms with Crippen LogP contribution in [0.15, 0.2) is 18.3 Å². The highest BCUT2D eigenvalue weighted by atomic mass is 16.4. The largest absolute Gasteiger partial charge is 0.481 e. The molecule has 0 radical (unpaired) electrons. The fraction of sp³-hybridized carbons (Fsp3) is 0.417. The first-order valence-electron chi connectivity index (χ1n) is 5.64. The summed E-state index contributed by atoms with van der Waals surface area (Å²) in [4.78, 5) is 27.5. The Morgan fingerprint density at radius 2 is 2.11 bits per heavy atom. The molecule has 2 N–H and O–H groups in total. The highest BCUT2D eigenvalue weighted by Gasteiger charge is 2.07. The van der Waals surface area contributed by atoms with Gasteiger partial charge in [0.05, 0.1) is 5.56 Å². The van der Waals surface area contributed by atoms with E-state index in [4.69, 9.17) is 5.11 Å². The average Bonchev–Trinajstić information content (AvgIpc) is 2.34. The lowest BCUT2D eigenvalue weighted by Gasteiger charge is -2.10. The number of nitrogens with one attached hydrogen (secondary N) is 1. The monoisotopic (exact) mass is 251 g/mol. The molecule has 1 heterocycles. The van der Waals surface area contributed by atoms with E-state index >= 15 is 0 Å². The maximum absolute atomic E-state index is 11.6. The van der Waals surface area contributed by atoms with Gasteiger partial charge < -0.3 is 15.3 Å². The zero-order chi connectivity index (χ0) is 13.5. The summed E-state index contributed by atoms with van der Waals surface area (Å²) >= 11 is 0. The molecule has 0 saturated heterocycles. The second-order valence-electron chi connectivity index (χ2n) is 4.06. The second-order valence-corrected chi connectivity index (χ2v) is 4.06. The quantitative estimate of drug-likeness (QED) is 0.739. The molecule has 18 heavy (non-hydrogen) atoms. The molecule has 0 saturated carbocycles. The molecule has 1 amide bonds. The highest BCUT2D eigenvalue weighted by molar-refractivity contribution is 5.93. The number of aliphatic carboxylic acids is 1. The molecule has 0 aliphatic rings. The van der Waals surface area contributed by atoms with Gasteiger partial charge in [-0.1, -0.05) is 0 Å². The number of hydrogen-bond donors (Lipinski definition) is 2. The minimum Gasteiger partial charge on any atom is -0.481 e. The predicted octanol–water partition coefficient (Wildman–Crippen LogP) is 1.06. The van der Waals surface area contributed by atoms with Crippen LogP contribution in [0.3, 0.4) is 0 Å². The molecule has 1 rings (SSSR count). The number of rotatable bonds is 6. The Balaban J connectivity index is 2.45. The van der Waals surface area contributed by atoms with E-state index in [1.54, 1.807) is 26.2 Å². The van der Waals surface area contributed by atoms with E-state index < -0.39 is 5.97 Å². The molecule has 6 nitrogen and oxygen atoms in total. The van der Waals surface area contributed by atoms with Crippen molar-refractivity contribution < 1.29 is 14.7 Å². The van der Waals surface area contributed by atoms with Crippen LogP contribution in [0.25, 0.3) is 0 Å². The SMILES string of the molecule is CN(C)C(=O)c1ccc(NCCCC(=O)O)nc1. The lowest BCUT2D eigenvalue weighted by Crippen LogP contribution is -2.21. The Morgan fingerprint density at radius 1 is 1.39 bits per heavy atom. The normalized spacial score (nSPS) is 9.89. The molecule has 0 aromatic carbocycles. The number of nitrogens with zero attached hydrogens (tertiary/aromatic N) is 2. The molecule has 6 heteroatoms. The smallest absolute Gasteiger partial charge is 0.303 e. The van der Waals surface area contributed by atoms with Crippen molar-refractivity contribution in [1.82, 2.24) is 9.88 Å². The van der Waals surface area contributed by atoms with E-state index in [0.29, 0.717) is 24.3 Å². The van der Waals surface area contributed by atoms with Gasteiger partial charge >= 0.3 is 5.97 Å². The van der Waals surface area contributed by atoms with Crippen LogP contribution in [0, 0.1) is 0 Å². The van der Waals surface area contributed by atoms with Gasteiger partial charge in [-0.25, -0.2) is 4.98 Å². The number of carbonyl (C=O) groups excluding carboxylic acids is 1. The minimum atomic E-state index is -0.809. The number of anilines is 1. The summed E-state index contributed by atoms with van der Waals surface area (Å²) in [7, 11) is 3.36. The standard InChI is InChI=1S/C12H17N3O3/c1-15(2)12(18)9-5-6-10(14-8-9)13-7-3-4-11(16)17/h5-6,8H,3-4,7H2,1-2H3,(H,13,14)(H,16,17). The number of carboxylic acids is 1. The van der Waals surface area contributed by atoms with Crippen LogP contribution < -0.4 is 5.32 Å². The molecular formula is C12H17N3O3. The van der Waals surface area contributed by atoms with Gasteiger partial charge in [0.1, 0.15) is 5.82 Å². The summed E-state index contributed by atoms with van der Waals surface area (Å²) < 4.78 is 0. The number of hydrogen-bond acceptors (Lipinski definition) is 4. The lowest BCUT2D eigenvalue weighted by atomic mass is 10.2. The van der Waals surface area contributed by atoms with Crippen LogP contribution >= 0.6 is 0 Å². The van der Waals surface area contributed by atoms with Gasteiger partial charge in [0.15, 0.2) is 0 Å². The predicted molar refractivity (Wildman–Crippen MR) is 67.6 cm³/mol. The van der Waals surface area contributed by atoms with E-state index in [-0.39, 0.29) is 12.3 Å². The van der Waals surface area contributed by atoms with Gasteiger partial charge in [0.2, 0.25) is 0 Å². The number of carbonyl (C=O) groups is 2. The second kappa shape index (κ2) is 6.58. The van der Waals surface area contributed by atoms with Crippen molar-refractivity contribution in [2.75, 3.05) is 26.0 Å². The first-order valence-corrected chi connectivity index (χ1v) is 5.64. The fourth-order valence-electron chi connectivity index (χ4n) is 1.34. The molecular weight excluding hydrogens is 234 g/mol. The molecule has 0 aliphatic carbocycles. The van der Waals surface area contributed by atoms with Gasteiger partial charge in [-0.15, -0.1) is 0 Å². The molecule has 1 aromatic heterocycles. The lowest BCUT2D eigenvalue weighted by molar-refractivity contribution is -0.137. The molecule has 0 spiro atoms. The zero-order valence-corrected chi connectivity index (χ0v) is 10.5. The van der Waals surface area contributed by atoms with Crippen LogP contribution in [-0.4, -0.2) is 47.5 Å². The van der Waals surface area contributed by atoms with Crippen molar-refractivity contribution in [2.24, 2.45) is 0 Å². The average molecular weight is 251 g/mol. The number of amides is 1. The van der Waals surface area contributed by atoms with Crippen LogP contribution in [0.1, 0.15) is 23.2 Å². The Bertz CT molecular complexity index is 415. The minimum absolute atomic E-state index is 0.0973. The summed E-state index contributed by atoms with van der Waals surface area (Å²) in [5.41, 5.74) is 0.524. The molecule has 98 valence electrons. The van der Waals surface area contributed by atoms with E-state index in [0.717, 1.165) is 0 Å². The third-order valence-electron chi connectivity index (χ3n) is 2.29. The van der Waals surface area contributed by atoms with Crippen molar-refractivity contribution in [1.29, 1.82) is 0 Å². The Kier molecular flexibility index (Phi) is 5.10. The number of aromatic nitrogens is 1. The molecule has 0 atom stereocenters. The van der Waals surface area contributed by atoms with Gasteiger partial charge in [0, 0.05) is 33.3 Å². The number of pyridine rings is 1. The third-order valence-corrected chi connectivity index (χ3v) is 2.29. The van der Waals surface area contributed by atoms with Crippen LogP contribution in [0.4, 0.5) is 5.82 Å². The third kappa shape index (κ3) is 4.40. The summed E-state index contributed by atoms with van der Waals surface area (Å²) in [5.74, 6) is -0.271. The van der Waals surface area contributed by atoms with Crippen molar-refractivity contribution in [3.8, 4) is 0 Å². The first-order chi connectivity index (χ1) is 8.50. The molecule has 0 bridgehead atoms. The van der Waals surface area contributed by atoms with Crippen molar-refractivity contribution >= 4 is 17.7 Å². The number of carboxylic acid groups (broad SMARTS) is 1. The molecule has 0 aliphatic heterocycles. The van der Waals surface area contributed by atoms with Crippen LogP contribution in [-0.2, 0) is 4.79 Å². The maximum atomic E-state index is 11.6. The summed E-state index contributed by atoms with van der Waals surface area (Å²) in [5, 5.41) is 11.5. The van der Waals surface area contributed by atoms with E-state index in [2.05, 4.69) is 10.3 Å². The Hall–Kier alpha value is -2.11. The van der Waals surface area contributed by atoms with E-state index in [1.807, 2.05) is 0 Å². The van der Waals surface area contributed by atoms with E-state index in [1.165, 1.54) is 11.1 Å². The van der Waals surface area contributed by atoms with Crippen LogP contribution in [0.2, 0.25) is 0 Å². The van der Waals surface area contributed by atoms with Crippen molar-refractivity contribution in [3.63, 3.8) is 0 Å². The summed E-state index contributed by atoms with van der Waals surface area (Å²) in [6.45, 7) is 0.542. The van der Waals surface area contributed by atoms with E-state index in [9.17, 15) is 9.59 Å². The topological polar surface area (TPSA) is 82.5 Å². The maximum Gasteiger partial charge on any atom is 0.303 e.